The molecule has 0 amide bonds. The van der Waals surface area contributed by atoms with E-state index >= 15 is 0 Å². The Bertz CT molecular complexity index is 1080. The fraction of sp³-hybridized carbons (Fsp3) is 0.417. The number of benzene rings is 2. The molecule has 0 unspecified atom stereocenters. The van der Waals surface area contributed by atoms with Crippen molar-refractivity contribution < 1.29 is 14.2 Å². The number of rotatable bonds is 4. The average Bonchev–Trinajstić information content (AvgIpc) is 3.53. The molecule has 0 bridgehead atoms. The van der Waals surface area contributed by atoms with Gasteiger partial charge in [-0.3, -0.25) is 0 Å². The van der Waals surface area contributed by atoms with E-state index in [1.165, 1.54) is 16.6 Å². The first kappa shape index (κ1) is 19.3. The Balaban J connectivity index is 1.06. The summed E-state index contributed by atoms with van der Waals surface area (Å²) in [6.45, 7) is 5.08. The van der Waals surface area contributed by atoms with Crippen LogP contribution in [0.15, 0.2) is 42.6 Å². The number of nitrogens with one attached hydrogen (secondary N) is 1. The van der Waals surface area contributed by atoms with Crippen molar-refractivity contribution in [3.05, 3.63) is 53.2 Å². The molecule has 6 nitrogen and oxygen atoms in total. The number of hydrogen-bond donors (Lipinski definition) is 1. The third-order valence-corrected chi connectivity index (χ3v) is 7.03. The summed E-state index contributed by atoms with van der Waals surface area (Å²) >= 11 is 6.01. The first-order chi connectivity index (χ1) is 15.2. The van der Waals surface area contributed by atoms with E-state index in [-0.39, 0.29) is 6.10 Å². The molecule has 0 radical (unpaired) electrons. The predicted octanol–water partition coefficient (Wildman–Crippen LogP) is 4.59. The molecule has 4 heterocycles. The molecule has 0 saturated carbocycles. The van der Waals surface area contributed by atoms with E-state index in [1.807, 2.05) is 12.1 Å². The largest absolute Gasteiger partial charge is 0.454 e. The highest BCUT2D eigenvalue weighted by Crippen LogP contribution is 2.40. The molecule has 3 aromatic rings. The van der Waals surface area contributed by atoms with Gasteiger partial charge in [0.15, 0.2) is 11.5 Å². The summed E-state index contributed by atoms with van der Waals surface area (Å²) in [4.78, 5) is 8.26. The Hall–Kier alpha value is -2.41. The van der Waals surface area contributed by atoms with Crippen LogP contribution in [-0.2, 0) is 4.74 Å². The van der Waals surface area contributed by atoms with Crippen LogP contribution in [0.3, 0.4) is 0 Å². The highest BCUT2D eigenvalue weighted by molar-refractivity contribution is 6.30. The van der Waals surface area contributed by atoms with Crippen LogP contribution in [0.5, 0.6) is 11.5 Å². The molecule has 1 N–H and O–H groups in total. The van der Waals surface area contributed by atoms with Gasteiger partial charge >= 0.3 is 0 Å². The number of halogens is 1. The van der Waals surface area contributed by atoms with Crippen molar-refractivity contribution >= 4 is 28.2 Å². The van der Waals surface area contributed by atoms with Crippen molar-refractivity contribution in [2.45, 2.75) is 24.9 Å². The summed E-state index contributed by atoms with van der Waals surface area (Å²) in [6.07, 6.45) is 4.74. The molecule has 31 heavy (non-hydrogen) atoms. The van der Waals surface area contributed by atoms with Gasteiger partial charge < -0.3 is 29.0 Å². The maximum Gasteiger partial charge on any atom is 0.231 e. The lowest BCUT2D eigenvalue weighted by molar-refractivity contribution is 0.0692. The third-order valence-electron chi connectivity index (χ3n) is 6.78. The summed E-state index contributed by atoms with van der Waals surface area (Å²) in [6, 6.07) is 12.2. The lowest BCUT2D eigenvalue weighted by atomic mass is 9.89. The number of piperidine rings is 1. The average molecular weight is 440 g/mol. The van der Waals surface area contributed by atoms with E-state index in [4.69, 9.17) is 25.8 Å². The van der Waals surface area contributed by atoms with E-state index in [9.17, 15) is 0 Å². The number of aromatic nitrogens is 1. The molecular formula is C24H26ClN3O3. The van der Waals surface area contributed by atoms with Crippen LogP contribution < -0.4 is 14.4 Å². The number of anilines is 1. The number of hydrogen-bond acceptors (Lipinski definition) is 5. The molecular weight excluding hydrogens is 414 g/mol. The lowest BCUT2D eigenvalue weighted by Crippen LogP contribution is -2.39. The van der Waals surface area contributed by atoms with Gasteiger partial charge in [-0.15, -0.1) is 0 Å². The quantitative estimate of drug-likeness (QED) is 0.644. The number of ether oxygens (including phenoxy) is 3. The van der Waals surface area contributed by atoms with Crippen LogP contribution in [0, 0.1) is 0 Å². The highest BCUT2D eigenvalue weighted by Gasteiger charge is 2.29. The van der Waals surface area contributed by atoms with Gasteiger partial charge in [0.05, 0.1) is 6.10 Å². The number of fused-ring (bicyclic) bond motifs is 2. The minimum atomic E-state index is 0.250. The fourth-order valence-corrected chi connectivity index (χ4v) is 5.20. The minimum Gasteiger partial charge on any atom is -0.454 e. The molecule has 6 rings (SSSR count). The van der Waals surface area contributed by atoms with E-state index in [1.54, 1.807) is 0 Å². The Morgan fingerprint density at radius 2 is 1.81 bits per heavy atom. The summed E-state index contributed by atoms with van der Waals surface area (Å²) in [5.74, 6) is 2.26. The zero-order valence-corrected chi connectivity index (χ0v) is 18.1. The molecule has 7 heteroatoms. The van der Waals surface area contributed by atoms with Gasteiger partial charge in [0.1, 0.15) is 6.73 Å². The normalized spacial score (nSPS) is 22.0. The Morgan fingerprint density at radius 3 is 2.61 bits per heavy atom. The number of H-pyrrole nitrogens is 1. The van der Waals surface area contributed by atoms with Gasteiger partial charge in [0.2, 0.25) is 6.79 Å². The molecule has 3 aliphatic heterocycles. The molecule has 162 valence electrons. The summed E-state index contributed by atoms with van der Waals surface area (Å²) in [5.41, 5.74) is 3.70. The van der Waals surface area contributed by atoms with Crippen LogP contribution in [-0.4, -0.2) is 55.7 Å². The molecule has 2 aromatic carbocycles. The molecule has 2 fully saturated rings. The maximum absolute atomic E-state index is 6.07. The van der Waals surface area contributed by atoms with Crippen LogP contribution in [0.2, 0.25) is 5.02 Å². The fourth-order valence-electron chi connectivity index (χ4n) is 5.07. The van der Waals surface area contributed by atoms with Gasteiger partial charge in [-0.1, -0.05) is 11.6 Å². The van der Waals surface area contributed by atoms with Crippen molar-refractivity contribution in [1.82, 2.24) is 9.88 Å². The lowest BCUT2D eigenvalue weighted by Gasteiger charge is -2.33. The summed E-state index contributed by atoms with van der Waals surface area (Å²) in [7, 11) is 0. The number of nitrogens with zero attached hydrogens (tertiary/aromatic N) is 2. The second kappa shape index (κ2) is 7.93. The van der Waals surface area contributed by atoms with Crippen LogP contribution in [0.4, 0.5) is 5.69 Å². The SMILES string of the molecule is Clc1ccc(N2CO[C@@H](CN3CCC(c4c[nH]c5cc6c(cc45)OCO6)CC3)C2)cc1. The minimum absolute atomic E-state index is 0.250. The van der Waals surface area contributed by atoms with E-state index in [0.29, 0.717) is 19.4 Å². The maximum atomic E-state index is 6.07. The van der Waals surface area contributed by atoms with Crippen molar-refractivity contribution in [3.63, 3.8) is 0 Å². The zero-order chi connectivity index (χ0) is 20.8. The molecule has 0 spiro atoms. The van der Waals surface area contributed by atoms with Gasteiger partial charge in [0, 0.05) is 47.0 Å². The van der Waals surface area contributed by atoms with Crippen molar-refractivity contribution in [2.24, 2.45) is 0 Å². The summed E-state index contributed by atoms with van der Waals surface area (Å²) < 4.78 is 17.2. The Morgan fingerprint density at radius 1 is 1.03 bits per heavy atom. The molecule has 0 aliphatic carbocycles. The first-order valence-electron chi connectivity index (χ1n) is 11.0. The highest BCUT2D eigenvalue weighted by atomic mass is 35.5. The van der Waals surface area contributed by atoms with E-state index in [0.717, 1.165) is 61.1 Å². The molecule has 2 saturated heterocycles. The van der Waals surface area contributed by atoms with Gasteiger partial charge in [0.25, 0.3) is 0 Å². The van der Waals surface area contributed by atoms with E-state index in [2.05, 4.69) is 45.2 Å². The van der Waals surface area contributed by atoms with Crippen LogP contribution >= 0.6 is 11.6 Å². The van der Waals surface area contributed by atoms with Gasteiger partial charge in [-0.25, -0.2) is 0 Å². The first-order valence-corrected chi connectivity index (χ1v) is 11.4. The van der Waals surface area contributed by atoms with Crippen LogP contribution in [0.25, 0.3) is 10.9 Å². The Kier molecular flexibility index (Phi) is 4.94. The van der Waals surface area contributed by atoms with Crippen molar-refractivity contribution in [1.29, 1.82) is 0 Å². The van der Waals surface area contributed by atoms with Crippen molar-refractivity contribution in [3.8, 4) is 11.5 Å². The second-order valence-electron chi connectivity index (χ2n) is 8.69. The number of aromatic amines is 1. The zero-order valence-electron chi connectivity index (χ0n) is 17.4. The summed E-state index contributed by atoms with van der Waals surface area (Å²) in [5, 5.41) is 2.03. The monoisotopic (exact) mass is 439 g/mol. The van der Waals surface area contributed by atoms with Gasteiger partial charge in [-0.05, 0) is 67.7 Å². The van der Waals surface area contributed by atoms with Crippen molar-refractivity contribution in [2.75, 3.05) is 44.6 Å². The Labute approximate surface area is 186 Å². The molecule has 1 atom stereocenters. The van der Waals surface area contributed by atoms with Gasteiger partial charge in [-0.2, -0.15) is 0 Å². The topological polar surface area (TPSA) is 50.0 Å². The molecule has 3 aliphatic rings. The second-order valence-corrected chi connectivity index (χ2v) is 9.12. The third kappa shape index (κ3) is 3.73. The van der Waals surface area contributed by atoms with E-state index < -0.39 is 0 Å². The van der Waals surface area contributed by atoms with Crippen LogP contribution in [0.1, 0.15) is 24.3 Å². The number of likely N-dealkylation sites (tertiary alicyclic amines) is 1. The smallest absolute Gasteiger partial charge is 0.231 e. The standard InChI is InChI=1S/C24H26ClN3O3/c25-17-1-3-18(4-2-17)28-13-19(29-14-28)12-27-7-5-16(6-8-27)21-11-26-22-10-24-23(9-20(21)22)30-15-31-24/h1-4,9-11,16,19,26H,5-8,12-15H2/t19-/m0/s1. The molecule has 1 aromatic heterocycles. The predicted molar refractivity (Wildman–Crippen MR) is 121 cm³/mol.